The smallest absolute Gasteiger partial charge is 0.191 e. The van der Waals surface area contributed by atoms with Gasteiger partial charge in [0.05, 0.1) is 6.20 Å². The molecule has 1 aromatic heterocycles. The first-order valence-electron chi connectivity index (χ1n) is 6.06. The minimum atomic E-state index is -1.74. The Bertz CT molecular complexity index is 497. The predicted molar refractivity (Wildman–Crippen MR) is 67.7 cm³/mol. The van der Waals surface area contributed by atoms with Crippen LogP contribution < -0.4 is 5.73 Å². The van der Waals surface area contributed by atoms with Gasteiger partial charge in [-0.25, -0.2) is 9.07 Å². The lowest BCUT2D eigenvalue weighted by Gasteiger charge is -2.24. The van der Waals surface area contributed by atoms with Crippen molar-refractivity contribution in [3.8, 4) is 0 Å². The van der Waals surface area contributed by atoms with E-state index < -0.39 is 5.67 Å². The maximum absolute atomic E-state index is 15.2. The average Bonchev–Trinajstić information content (AvgIpc) is 2.88. The Balaban J connectivity index is 2.46. The number of halogens is 1. The van der Waals surface area contributed by atoms with Crippen LogP contribution in [-0.4, -0.2) is 21.5 Å². The fraction of sp³-hybridized carbons (Fsp3) is 0.385. The number of aryl methyl sites for hydroxylation is 1. The number of nitrogens with zero attached hydrogens (tertiary/aromatic N) is 3. The molecule has 0 aliphatic heterocycles. The molecule has 5 heteroatoms. The highest BCUT2D eigenvalue weighted by molar-refractivity contribution is 5.32. The molecule has 4 nitrogen and oxygen atoms in total. The summed E-state index contributed by atoms with van der Waals surface area (Å²) in [6.07, 6.45) is 2.32. The van der Waals surface area contributed by atoms with Crippen molar-refractivity contribution in [3.05, 3.63) is 47.8 Å². The van der Waals surface area contributed by atoms with E-state index in [4.69, 9.17) is 5.73 Å². The van der Waals surface area contributed by atoms with Crippen LogP contribution in [0, 0.1) is 0 Å². The summed E-state index contributed by atoms with van der Waals surface area (Å²) >= 11 is 0. The number of nitrogens with two attached hydrogens (primary N) is 1. The summed E-state index contributed by atoms with van der Waals surface area (Å²) in [5, 5.41) is 7.71. The lowest BCUT2D eigenvalue weighted by Crippen LogP contribution is -2.34. The Morgan fingerprint density at radius 3 is 2.67 bits per heavy atom. The summed E-state index contributed by atoms with van der Waals surface area (Å²) in [4.78, 5) is 0. The van der Waals surface area contributed by atoms with Crippen LogP contribution in [0.25, 0.3) is 0 Å². The van der Waals surface area contributed by atoms with Crippen LogP contribution in [0.1, 0.15) is 24.6 Å². The number of rotatable bonds is 5. The second-order valence-electron chi connectivity index (χ2n) is 4.21. The SMILES string of the molecule is CCCn1nncc1C(F)(CN)c1ccccc1. The van der Waals surface area contributed by atoms with Crippen molar-refractivity contribution in [2.24, 2.45) is 5.73 Å². The van der Waals surface area contributed by atoms with Crippen LogP contribution in [0.4, 0.5) is 4.39 Å². The number of hydrogen-bond donors (Lipinski definition) is 1. The van der Waals surface area contributed by atoms with Gasteiger partial charge in [-0.05, 0) is 12.0 Å². The number of hydrogen-bond acceptors (Lipinski definition) is 3. The second kappa shape index (κ2) is 5.27. The van der Waals surface area contributed by atoms with Gasteiger partial charge in [-0.2, -0.15) is 0 Å². The number of benzene rings is 1. The zero-order valence-corrected chi connectivity index (χ0v) is 10.4. The summed E-state index contributed by atoms with van der Waals surface area (Å²) in [7, 11) is 0. The molecule has 0 fully saturated rings. The maximum atomic E-state index is 15.2. The van der Waals surface area contributed by atoms with Gasteiger partial charge in [0.25, 0.3) is 0 Å². The molecule has 1 aromatic carbocycles. The molecule has 0 saturated carbocycles. The molecule has 0 aliphatic carbocycles. The third kappa shape index (κ3) is 2.13. The normalized spacial score (nSPS) is 14.4. The van der Waals surface area contributed by atoms with E-state index in [1.807, 2.05) is 13.0 Å². The Morgan fingerprint density at radius 2 is 2.06 bits per heavy atom. The van der Waals surface area contributed by atoms with Gasteiger partial charge in [-0.1, -0.05) is 42.5 Å². The molecule has 1 unspecified atom stereocenters. The summed E-state index contributed by atoms with van der Waals surface area (Å²) in [6, 6.07) is 8.91. The topological polar surface area (TPSA) is 56.7 Å². The second-order valence-corrected chi connectivity index (χ2v) is 4.21. The molecule has 0 spiro atoms. The molecule has 0 saturated heterocycles. The van der Waals surface area contributed by atoms with Crippen molar-refractivity contribution in [2.75, 3.05) is 6.54 Å². The van der Waals surface area contributed by atoms with Gasteiger partial charge in [-0.15, -0.1) is 5.10 Å². The van der Waals surface area contributed by atoms with Gasteiger partial charge in [-0.3, -0.25) is 0 Å². The van der Waals surface area contributed by atoms with Crippen LogP contribution >= 0.6 is 0 Å². The predicted octanol–water partition coefficient (Wildman–Crippen LogP) is 1.86. The molecule has 96 valence electrons. The largest absolute Gasteiger partial charge is 0.327 e. The molecule has 2 rings (SSSR count). The fourth-order valence-corrected chi connectivity index (χ4v) is 2.01. The van der Waals surface area contributed by atoms with E-state index in [1.54, 1.807) is 28.9 Å². The Morgan fingerprint density at radius 1 is 1.33 bits per heavy atom. The summed E-state index contributed by atoms with van der Waals surface area (Å²) in [6.45, 7) is 2.51. The van der Waals surface area contributed by atoms with Gasteiger partial charge in [0, 0.05) is 13.1 Å². The molecule has 2 N–H and O–H groups in total. The molecular formula is C13H17FN4. The van der Waals surface area contributed by atoms with Crippen molar-refractivity contribution in [2.45, 2.75) is 25.6 Å². The monoisotopic (exact) mass is 248 g/mol. The summed E-state index contributed by atoms with van der Waals surface area (Å²) in [5.74, 6) is 0. The Kier molecular flexibility index (Phi) is 3.72. The standard InChI is InChI=1S/C13H17FN4/c1-2-8-18-12(9-16-17-18)13(14,10-15)11-6-4-3-5-7-11/h3-7,9H,2,8,10,15H2,1H3. The number of aromatic nitrogens is 3. The van der Waals surface area contributed by atoms with E-state index in [0.29, 0.717) is 17.8 Å². The summed E-state index contributed by atoms with van der Waals surface area (Å²) in [5.41, 5.74) is 4.86. The zero-order valence-electron chi connectivity index (χ0n) is 10.4. The Labute approximate surface area is 106 Å². The lowest BCUT2D eigenvalue weighted by atomic mass is 9.92. The van der Waals surface area contributed by atoms with Crippen LogP contribution in [0.2, 0.25) is 0 Å². The molecule has 18 heavy (non-hydrogen) atoms. The molecule has 1 atom stereocenters. The van der Waals surface area contributed by atoms with E-state index >= 15 is 4.39 Å². The molecule has 0 amide bonds. The van der Waals surface area contributed by atoms with Crippen molar-refractivity contribution >= 4 is 0 Å². The average molecular weight is 248 g/mol. The first-order valence-corrected chi connectivity index (χ1v) is 6.06. The zero-order chi connectivity index (χ0) is 13.0. The van der Waals surface area contributed by atoms with Gasteiger partial charge in [0.2, 0.25) is 0 Å². The van der Waals surface area contributed by atoms with E-state index in [-0.39, 0.29) is 6.54 Å². The van der Waals surface area contributed by atoms with E-state index in [1.165, 1.54) is 6.20 Å². The summed E-state index contributed by atoms with van der Waals surface area (Å²) < 4.78 is 16.8. The van der Waals surface area contributed by atoms with Gasteiger partial charge < -0.3 is 5.73 Å². The quantitative estimate of drug-likeness (QED) is 0.878. The van der Waals surface area contributed by atoms with Crippen molar-refractivity contribution in [1.29, 1.82) is 0 Å². The van der Waals surface area contributed by atoms with E-state index in [2.05, 4.69) is 10.3 Å². The lowest BCUT2D eigenvalue weighted by molar-refractivity contribution is 0.214. The van der Waals surface area contributed by atoms with Crippen LogP contribution in [0.15, 0.2) is 36.5 Å². The maximum Gasteiger partial charge on any atom is 0.191 e. The third-order valence-corrected chi connectivity index (χ3v) is 2.97. The van der Waals surface area contributed by atoms with Gasteiger partial charge in [0.15, 0.2) is 5.67 Å². The number of alkyl halides is 1. The van der Waals surface area contributed by atoms with Crippen LogP contribution in [0.3, 0.4) is 0 Å². The molecular weight excluding hydrogens is 231 g/mol. The van der Waals surface area contributed by atoms with Crippen molar-refractivity contribution in [3.63, 3.8) is 0 Å². The van der Waals surface area contributed by atoms with E-state index in [0.717, 1.165) is 6.42 Å². The minimum Gasteiger partial charge on any atom is -0.327 e. The van der Waals surface area contributed by atoms with Crippen molar-refractivity contribution in [1.82, 2.24) is 15.0 Å². The highest BCUT2D eigenvalue weighted by atomic mass is 19.1. The fourth-order valence-electron chi connectivity index (χ4n) is 2.01. The van der Waals surface area contributed by atoms with Crippen LogP contribution in [-0.2, 0) is 12.2 Å². The highest BCUT2D eigenvalue weighted by Crippen LogP contribution is 2.32. The van der Waals surface area contributed by atoms with E-state index in [9.17, 15) is 0 Å². The first-order chi connectivity index (χ1) is 8.72. The Hall–Kier alpha value is -1.75. The molecule has 0 radical (unpaired) electrons. The highest BCUT2D eigenvalue weighted by Gasteiger charge is 2.36. The van der Waals surface area contributed by atoms with Gasteiger partial charge in [0.1, 0.15) is 5.69 Å². The van der Waals surface area contributed by atoms with Crippen LogP contribution in [0.5, 0.6) is 0 Å². The molecule has 1 heterocycles. The molecule has 0 aliphatic rings. The molecule has 2 aromatic rings. The third-order valence-electron chi connectivity index (χ3n) is 2.97. The van der Waals surface area contributed by atoms with Gasteiger partial charge >= 0.3 is 0 Å². The first kappa shape index (κ1) is 12.7. The van der Waals surface area contributed by atoms with Crippen molar-refractivity contribution < 1.29 is 4.39 Å². The molecule has 0 bridgehead atoms. The minimum absolute atomic E-state index is 0.131.